The Morgan fingerprint density at radius 1 is 1.24 bits per heavy atom. The molecule has 0 bridgehead atoms. The van der Waals surface area contributed by atoms with Crippen LogP contribution in [0.1, 0.15) is 42.5 Å². The fourth-order valence-corrected chi connectivity index (χ4v) is 6.26. The Labute approximate surface area is 205 Å². The van der Waals surface area contributed by atoms with E-state index in [0.29, 0.717) is 11.2 Å². The van der Waals surface area contributed by atoms with Gasteiger partial charge in [0.15, 0.2) is 17.3 Å². The molecule has 7 nitrogen and oxygen atoms in total. The number of hydrogen-bond acceptors (Lipinski definition) is 7. The molecule has 2 aliphatic rings. The van der Waals surface area contributed by atoms with Gasteiger partial charge in [-0.15, -0.1) is 22.6 Å². The number of rotatable bonds is 7. The summed E-state index contributed by atoms with van der Waals surface area (Å²) in [6.07, 6.45) is 7.54. The van der Waals surface area contributed by atoms with Crippen molar-refractivity contribution in [3.63, 3.8) is 0 Å². The number of benzene rings is 1. The summed E-state index contributed by atoms with van der Waals surface area (Å²) >= 11 is 1.76. The van der Waals surface area contributed by atoms with E-state index >= 15 is 0 Å². The van der Waals surface area contributed by atoms with E-state index in [4.69, 9.17) is 9.15 Å². The van der Waals surface area contributed by atoms with Gasteiger partial charge in [0, 0.05) is 24.8 Å². The van der Waals surface area contributed by atoms with Crippen molar-refractivity contribution < 1.29 is 9.15 Å². The first-order chi connectivity index (χ1) is 15.6. The van der Waals surface area contributed by atoms with Crippen LogP contribution in [0.25, 0.3) is 11.6 Å². The monoisotopic (exact) mass is 489 g/mol. The van der Waals surface area contributed by atoms with E-state index in [1.165, 1.54) is 43.3 Å². The summed E-state index contributed by atoms with van der Waals surface area (Å²) in [5, 5.41) is 9.58. The highest BCUT2D eigenvalue weighted by Gasteiger charge is 2.42. The molecule has 5 rings (SSSR count). The first-order valence-corrected chi connectivity index (χ1v) is 12.4. The Balaban J connectivity index is 0.00000259. The zero-order valence-corrected chi connectivity index (χ0v) is 21.2. The van der Waals surface area contributed by atoms with Crippen molar-refractivity contribution in [3.05, 3.63) is 41.4 Å². The fourth-order valence-electron chi connectivity index (χ4n) is 5.43. The van der Waals surface area contributed by atoms with Crippen molar-refractivity contribution in [3.8, 4) is 17.3 Å². The number of likely N-dealkylation sites (tertiary alicyclic amines) is 1. The molecule has 3 heterocycles. The van der Waals surface area contributed by atoms with Crippen molar-refractivity contribution in [1.82, 2.24) is 24.6 Å². The molecular weight excluding hydrogens is 458 g/mol. The van der Waals surface area contributed by atoms with Gasteiger partial charge in [0.1, 0.15) is 5.75 Å². The van der Waals surface area contributed by atoms with Gasteiger partial charge in [-0.2, -0.15) is 0 Å². The summed E-state index contributed by atoms with van der Waals surface area (Å²) in [5.41, 5.74) is 4.12. The van der Waals surface area contributed by atoms with Gasteiger partial charge in [-0.3, -0.25) is 0 Å². The van der Waals surface area contributed by atoms with Gasteiger partial charge >= 0.3 is 0 Å². The van der Waals surface area contributed by atoms with Gasteiger partial charge in [0.05, 0.1) is 12.8 Å². The summed E-state index contributed by atoms with van der Waals surface area (Å²) in [4.78, 5) is 6.80. The van der Waals surface area contributed by atoms with Crippen molar-refractivity contribution in [1.29, 1.82) is 0 Å². The number of aryl methyl sites for hydroxylation is 1. The third-order valence-electron chi connectivity index (χ3n) is 7.07. The molecule has 178 valence electrons. The summed E-state index contributed by atoms with van der Waals surface area (Å²) in [5.74, 6) is 3.52. The van der Waals surface area contributed by atoms with Gasteiger partial charge in [-0.25, -0.2) is 4.98 Å². The first kappa shape index (κ1) is 24.1. The molecule has 1 aliphatic heterocycles. The zero-order valence-electron chi connectivity index (χ0n) is 19.5. The van der Waals surface area contributed by atoms with Gasteiger partial charge in [-0.1, -0.05) is 23.9 Å². The third-order valence-corrected chi connectivity index (χ3v) is 8.18. The maximum atomic E-state index is 5.67. The van der Waals surface area contributed by atoms with Crippen LogP contribution in [-0.4, -0.2) is 57.1 Å². The number of aromatic nitrogens is 4. The van der Waals surface area contributed by atoms with Crippen LogP contribution in [0, 0.1) is 6.92 Å². The summed E-state index contributed by atoms with van der Waals surface area (Å²) in [6, 6.07) is 6.63. The number of thioether (sulfide) groups is 1. The molecular formula is C24H32ClN5O2S. The molecule has 0 N–H and O–H groups in total. The van der Waals surface area contributed by atoms with Gasteiger partial charge in [0.25, 0.3) is 0 Å². The highest BCUT2D eigenvalue weighted by atomic mass is 35.5. The lowest BCUT2D eigenvalue weighted by Gasteiger charge is -2.36. The largest absolute Gasteiger partial charge is 0.496 e. The van der Waals surface area contributed by atoms with Crippen LogP contribution in [0.2, 0.25) is 0 Å². The molecule has 1 unspecified atom stereocenters. The van der Waals surface area contributed by atoms with E-state index in [1.807, 2.05) is 18.5 Å². The SMILES string of the molecule is COc1cccc2c1CCCC21CCN(CCCSc2nnc(-c3ocnc3C)n2C)C1.Cl. The number of methoxy groups -OCH3 is 1. The highest BCUT2D eigenvalue weighted by Crippen LogP contribution is 2.46. The van der Waals surface area contributed by atoms with Gasteiger partial charge < -0.3 is 18.6 Å². The Kier molecular flexibility index (Phi) is 7.36. The molecule has 1 saturated heterocycles. The van der Waals surface area contributed by atoms with Crippen LogP contribution in [0.5, 0.6) is 5.75 Å². The van der Waals surface area contributed by atoms with Crippen LogP contribution in [-0.2, 0) is 18.9 Å². The van der Waals surface area contributed by atoms with Crippen LogP contribution in [0.4, 0.5) is 0 Å². The molecule has 0 amide bonds. The summed E-state index contributed by atoms with van der Waals surface area (Å²) < 4.78 is 13.1. The van der Waals surface area contributed by atoms with E-state index < -0.39 is 0 Å². The molecule has 1 aliphatic carbocycles. The van der Waals surface area contributed by atoms with Crippen LogP contribution in [0.3, 0.4) is 0 Å². The summed E-state index contributed by atoms with van der Waals surface area (Å²) in [7, 11) is 3.78. The Morgan fingerprint density at radius 2 is 2.12 bits per heavy atom. The number of fused-ring (bicyclic) bond motifs is 2. The molecule has 9 heteroatoms. The van der Waals surface area contributed by atoms with Crippen LogP contribution < -0.4 is 4.74 Å². The number of hydrogen-bond donors (Lipinski definition) is 0. The molecule has 1 aromatic carbocycles. The normalized spacial score (nSPS) is 20.1. The standard InChI is InChI=1S/C24H31N5O2S.ClH/c1-17-21(31-16-25-17)22-26-27-23(28(22)2)32-14-6-12-29-13-11-24(15-29)10-5-7-18-19(24)8-4-9-20(18)30-3;/h4,8-9,16H,5-7,10-15H2,1-3H3;1H. The van der Waals surface area contributed by atoms with E-state index in [-0.39, 0.29) is 12.4 Å². The average molecular weight is 490 g/mol. The maximum absolute atomic E-state index is 5.67. The quantitative estimate of drug-likeness (QED) is 0.352. The second-order valence-corrected chi connectivity index (χ2v) is 10.0. The summed E-state index contributed by atoms with van der Waals surface area (Å²) in [6.45, 7) is 5.39. The molecule has 3 aromatic rings. The lowest BCUT2D eigenvalue weighted by atomic mass is 9.69. The van der Waals surface area contributed by atoms with Crippen molar-refractivity contribution in [2.45, 2.75) is 49.6 Å². The predicted molar refractivity (Wildman–Crippen MR) is 132 cm³/mol. The molecule has 1 atom stereocenters. The minimum atomic E-state index is 0. The predicted octanol–water partition coefficient (Wildman–Crippen LogP) is 4.67. The Bertz CT molecular complexity index is 1100. The third kappa shape index (κ3) is 4.53. The Morgan fingerprint density at radius 3 is 2.91 bits per heavy atom. The topological polar surface area (TPSA) is 69.2 Å². The van der Waals surface area contributed by atoms with Gasteiger partial charge in [0.2, 0.25) is 5.82 Å². The van der Waals surface area contributed by atoms with E-state index in [2.05, 4.69) is 38.3 Å². The van der Waals surface area contributed by atoms with E-state index in [9.17, 15) is 0 Å². The van der Waals surface area contributed by atoms with Gasteiger partial charge in [-0.05, 0) is 69.3 Å². The smallest absolute Gasteiger partial charge is 0.202 e. The first-order valence-electron chi connectivity index (χ1n) is 11.4. The fraction of sp³-hybridized carbons (Fsp3) is 0.542. The van der Waals surface area contributed by atoms with E-state index in [0.717, 1.165) is 54.1 Å². The van der Waals surface area contributed by atoms with Crippen LogP contribution in [0.15, 0.2) is 34.2 Å². The number of nitrogens with zero attached hydrogens (tertiary/aromatic N) is 5. The number of ether oxygens (including phenoxy) is 1. The van der Waals surface area contributed by atoms with Crippen molar-refractivity contribution in [2.75, 3.05) is 32.5 Å². The molecule has 1 fully saturated rings. The molecule has 33 heavy (non-hydrogen) atoms. The molecule has 1 spiro atoms. The lowest BCUT2D eigenvalue weighted by molar-refractivity contribution is 0.292. The average Bonchev–Trinajstić information content (AvgIpc) is 3.51. The molecule has 0 radical (unpaired) electrons. The molecule has 2 aromatic heterocycles. The number of halogens is 1. The minimum absolute atomic E-state index is 0. The lowest BCUT2D eigenvalue weighted by Crippen LogP contribution is -2.35. The molecule has 0 saturated carbocycles. The Hall–Kier alpha value is -2.03. The van der Waals surface area contributed by atoms with Crippen molar-refractivity contribution >= 4 is 24.2 Å². The maximum Gasteiger partial charge on any atom is 0.202 e. The van der Waals surface area contributed by atoms with E-state index in [1.54, 1.807) is 18.9 Å². The minimum Gasteiger partial charge on any atom is -0.496 e. The highest BCUT2D eigenvalue weighted by molar-refractivity contribution is 7.99. The van der Waals surface area contributed by atoms with Crippen LogP contribution >= 0.6 is 24.2 Å². The zero-order chi connectivity index (χ0) is 22.1. The van der Waals surface area contributed by atoms with Crippen molar-refractivity contribution in [2.24, 2.45) is 7.05 Å². The number of oxazole rings is 1. The second-order valence-electron chi connectivity index (χ2n) is 8.98. The second kappa shape index (κ2) is 10.1.